The Bertz CT molecular complexity index is 1250. The first-order valence-electron chi connectivity index (χ1n) is 12.3. The Labute approximate surface area is 227 Å². The first-order chi connectivity index (χ1) is 18.1. The number of hydrogen-bond donors (Lipinski definition) is 4. The molecule has 0 bridgehead atoms. The van der Waals surface area contributed by atoms with Gasteiger partial charge in [-0.1, -0.05) is 67.9 Å². The monoisotopic (exact) mass is 537 g/mol. The van der Waals surface area contributed by atoms with Crippen molar-refractivity contribution in [2.45, 2.75) is 45.4 Å². The molecule has 3 rings (SSSR count). The van der Waals surface area contributed by atoms with Crippen LogP contribution in [-0.2, 0) is 22.6 Å². The fraction of sp³-hybridized carbons (Fsp3) is 0.276. The van der Waals surface area contributed by atoms with Crippen molar-refractivity contribution in [3.8, 4) is 5.75 Å². The SMILES string of the molecule is CC(C)[C@H](N)C(=O)Nc1ccc(C(=O)N[C@@H](CCc2ccccc2)C(=O)O)cc1OCc1ccc(Cl)cc1. The summed E-state index contributed by atoms with van der Waals surface area (Å²) in [4.78, 5) is 37.4. The van der Waals surface area contributed by atoms with Gasteiger partial charge in [0.2, 0.25) is 5.91 Å². The van der Waals surface area contributed by atoms with Crippen LogP contribution in [0.15, 0.2) is 72.8 Å². The van der Waals surface area contributed by atoms with E-state index in [2.05, 4.69) is 10.6 Å². The topological polar surface area (TPSA) is 131 Å². The summed E-state index contributed by atoms with van der Waals surface area (Å²) in [6.45, 7) is 3.83. The van der Waals surface area contributed by atoms with E-state index in [1.165, 1.54) is 18.2 Å². The van der Waals surface area contributed by atoms with Gasteiger partial charge in [0.1, 0.15) is 18.4 Å². The minimum Gasteiger partial charge on any atom is -0.487 e. The maximum Gasteiger partial charge on any atom is 0.326 e. The number of carbonyl (C=O) groups excluding carboxylic acids is 2. The molecule has 0 heterocycles. The summed E-state index contributed by atoms with van der Waals surface area (Å²) in [5, 5.41) is 15.6. The number of nitrogens with one attached hydrogen (secondary N) is 2. The molecule has 0 radical (unpaired) electrons. The molecule has 3 aromatic carbocycles. The van der Waals surface area contributed by atoms with Gasteiger partial charge in [0.15, 0.2) is 0 Å². The molecule has 0 unspecified atom stereocenters. The van der Waals surface area contributed by atoms with E-state index >= 15 is 0 Å². The summed E-state index contributed by atoms with van der Waals surface area (Å²) in [7, 11) is 0. The van der Waals surface area contributed by atoms with Gasteiger partial charge in [-0.2, -0.15) is 0 Å². The highest BCUT2D eigenvalue weighted by Gasteiger charge is 2.23. The predicted molar refractivity (Wildman–Crippen MR) is 147 cm³/mol. The molecule has 2 amide bonds. The Balaban J connectivity index is 1.79. The molecule has 9 heteroatoms. The van der Waals surface area contributed by atoms with Crippen LogP contribution in [0.1, 0.15) is 41.8 Å². The Morgan fingerprint density at radius 1 is 0.974 bits per heavy atom. The number of halogens is 1. The molecule has 0 saturated carbocycles. The summed E-state index contributed by atoms with van der Waals surface area (Å²) in [6, 6.07) is 19.2. The zero-order valence-corrected chi connectivity index (χ0v) is 22.1. The maximum atomic E-state index is 13.0. The molecule has 0 fully saturated rings. The lowest BCUT2D eigenvalue weighted by atomic mass is 10.0. The Morgan fingerprint density at radius 3 is 2.29 bits per heavy atom. The number of carbonyl (C=O) groups is 3. The zero-order valence-electron chi connectivity index (χ0n) is 21.3. The normalized spacial score (nSPS) is 12.4. The minimum atomic E-state index is -1.12. The smallest absolute Gasteiger partial charge is 0.326 e. The van der Waals surface area contributed by atoms with Crippen molar-refractivity contribution in [2.24, 2.45) is 11.7 Å². The summed E-state index contributed by atoms with van der Waals surface area (Å²) >= 11 is 5.96. The van der Waals surface area contributed by atoms with E-state index in [-0.39, 0.29) is 36.2 Å². The number of nitrogens with two attached hydrogens (primary N) is 1. The maximum absolute atomic E-state index is 13.0. The molecular weight excluding hydrogens is 506 g/mol. The van der Waals surface area contributed by atoms with E-state index in [1.807, 2.05) is 44.2 Å². The Kier molecular flexibility index (Phi) is 10.3. The number of carboxylic acids is 1. The van der Waals surface area contributed by atoms with E-state index in [4.69, 9.17) is 22.1 Å². The second kappa shape index (κ2) is 13.6. The molecule has 0 spiro atoms. The standard InChI is InChI=1S/C29H32ClN3O5/c1-18(2)26(31)28(35)32-23-15-11-21(16-25(23)38-17-20-8-12-22(30)13-9-20)27(34)33-24(29(36)37)14-10-19-6-4-3-5-7-19/h3-9,11-13,15-16,18,24,26H,10,14,17,31H2,1-2H3,(H,32,35)(H,33,34)(H,36,37)/t24-,26-/m0/s1. The summed E-state index contributed by atoms with van der Waals surface area (Å²) in [5.41, 5.74) is 8.32. The molecule has 200 valence electrons. The Morgan fingerprint density at radius 2 is 1.66 bits per heavy atom. The summed E-state index contributed by atoms with van der Waals surface area (Å²) in [6.07, 6.45) is 0.723. The van der Waals surface area contributed by atoms with Crippen LogP contribution in [0.25, 0.3) is 0 Å². The summed E-state index contributed by atoms with van der Waals surface area (Å²) in [5.74, 6) is -1.92. The number of amides is 2. The fourth-order valence-corrected chi connectivity index (χ4v) is 3.73. The van der Waals surface area contributed by atoms with E-state index in [0.29, 0.717) is 17.1 Å². The number of carboxylic acid groups (broad SMARTS) is 1. The van der Waals surface area contributed by atoms with Crippen molar-refractivity contribution in [2.75, 3.05) is 5.32 Å². The molecule has 5 N–H and O–H groups in total. The number of hydrogen-bond acceptors (Lipinski definition) is 5. The van der Waals surface area contributed by atoms with Crippen LogP contribution < -0.4 is 21.1 Å². The number of anilines is 1. The highest BCUT2D eigenvalue weighted by molar-refractivity contribution is 6.30. The quantitative estimate of drug-likeness (QED) is 0.266. The van der Waals surface area contributed by atoms with Gasteiger partial charge < -0.3 is 26.2 Å². The van der Waals surface area contributed by atoms with Crippen molar-refractivity contribution in [3.63, 3.8) is 0 Å². The van der Waals surface area contributed by atoms with Gasteiger partial charge >= 0.3 is 5.97 Å². The second-order valence-electron chi connectivity index (χ2n) is 9.27. The molecule has 0 aromatic heterocycles. The summed E-state index contributed by atoms with van der Waals surface area (Å²) < 4.78 is 5.96. The molecule has 0 aliphatic heterocycles. The Hall–Kier alpha value is -3.88. The van der Waals surface area contributed by atoms with Gasteiger partial charge in [0.25, 0.3) is 5.91 Å². The zero-order chi connectivity index (χ0) is 27.7. The number of aryl methyl sites for hydroxylation is 1. The number of benzene rings is 3. The van der Waals surface area contributed by atoms with E-state index in [1.54, 1.807) is 24.3 Å². The third kappa shape index (κ3) is 8.33. The van der Waals surface area contributed by atoms with Crippen molar-refractivity contribution < 1.29 is 24.2 Å². The van der Waals surface area contributed by atoms with Crippen LogP contribution >= 0.6 is 11.6 Å². The van der Waals surface area contributed by atoms with Crippen molar-refractivity contribution >= 4 is 35.1 Å². The van der Waals surface area contributed by atoms with E-state index in [9.17, 15) is 19.5 Å². The first kappa shape index (κ1) is 28.7. The lowest BCUT2D eigenvalue weighted by Gasteiger charge is -2.19. The highest BCUT2D eigenvalue weighted by Crippen LogP contribution is 2.28. The third-order valence-electron chi connectivity index (χ3n) is 6.00. The van der Waals surface area contributed by atoms with Crippen molar-refractivity contribution in [1.29, 1.82) is 0 Å². The van der Waals surface area contributed by atoms with Crippen LogP contribution in [0.3, 0.4) is 0 Å². The average Bonchev–Trinajstić information content (AvgIpc) is 2.91. The van der Waals surface area contributed by atoms with Crippen LogP contribution in [0.2, 0.25) is 5.02 Å². The van der Waals surface area contributed by atoms with Crippen molar-refractivity contribution in [3.05, 3.63) is 94.5 Å². The van der Waals surface area contributed by atoms with Gasteiger partial charge in [0, 0.05) is 10.6 Å². The molecule has 8 nitrogen and oxygen atoms in total. The van der Waals surface area contributed by atoms with Crippen LogP contribution in [0.5, 0.6) is 5.75 Å². The third-order valence-corrected chi connectivity index (χ3v) is 6.25. The van der Waals surface area contributed by atoms with E-state index in [0.717, 1.165) is 11.1 Å². The largest absolute Gasteiger partial charge is 0.487 e. The number of rotatable bonds is 12. The second-order valence-corrected chi connectivity index (χ2v) is 9.71. The predicted octanol–water partition coefficient (Wildman–Crippen LogP) is 4.66. The molecule has 3 aromatic rings. The fourth-order valence-electron chi connectivity index (χ4n) is 3.60. The first-order valence-corrected chi connectivity index (χ1v) is 12.7. The molecule has 0 saturated heterocycles. The van der Waals surface area contributed by atoms with Gasteiger partial charge in [-0.25, -0.2) is 4.79 Å². The minimum absolute atomic E-state index is 0.0812. The van der Waals surface area contributed by atoms with Gasteiger partial charge in [-0.05, 0) is 60.2 Å². The molecule has 0 aliphatic rings. The lowest BCUT2D eigenvalue weighted by molar-refractivity contribution is -0.139. The van der Waals surface area contributed by atoms with Gasteiger partial charge in [-0.15, -0.1) is 0 Å². The van der Waals surface area contributed by atoms with Crippen LogP contribution in [0, 0.1) is 5.92 Å². The van der Waals surface area contributed by atoms with Gasteiger partial charge in [-0.3, -0.25) is 9.59 Å². The average molecular weight is 538 g/mol. The van der Waals surface area contributed by atoms with Crippen LogP contribution in [0.4, 0.5) is 5.69 Å². The molecule has 2 atom stereocenters. The lowest BCUT2D eigenvalue weighted by Crippen LogP contribution is -2.41. The number of aliphatic carboxylic acids is 1. The number of ether oxygens (including phenoxy) is 1. The van der Waals surface area contributed by atoms with E-state index < -0.39 is 24.0 Å². The van der Waals surface area contributed by atoms with Crippen LogP contribution in [-0.4, -0.2) is 35.0 Å². The molecule has 0 aliphatic carbocycles. The van der Waals surface area contributed by atoms with Gasteiger partial charge in [0.05, 0.1) is 11.7 Å². The highest BCUT2D eigenvalue weighted by atomic mass is 35.5. The van der Waals surface area contributed by atoms with Crippen molar-refractivity contribution in [1.82, 2.24) is 5.32 Å². The molecular formula is C29H32ClN3O5. The molecule has 38 heavy (non-hydrogen) atoms.